The summed E-state index contributed by atoms with van der Waals surface area (Å²) in [6, 6.07) is 8.01. The first-order valence-corrected chi connectivity index (χ1v) is 7.02. The van der Waals surface area contributed by atoms with Gasteiger partial charge in [0, 0.05) is 6.42 Å². The van der Waals surface area contributed by atoms with Gasteiger partial charge >= 0.3 is 11.9 Å². The molecule has 3 atom stereocenters. The highest BCUT2D eigenvalue weighted by molar-refractivity contribution is 6.01. The van der Waals surface area contributed by atoms with Gasteiger partial charge in [-0.15, -0.1) is 0 Å². The molecule has 6 heteroatoms. The van der Waals surface area contributed by atoms with E-state index < -0.39 is 29.4 Å². The maximum atomic E-state index is 12.2. The van der Waals surface area contributed by atoms with Crippen LogP contribution in [0.3, 0.4) is 0 Å². The Morgan fingerprint density at radius 2 is 1.95 bits per heavy atom. The van der Waals surface area contributed by atoms with Gasteiger partial charge in [-0.1, -0.05) is 30.3 Å². The highest BCUT2D eigenvalue weighted by atomic mass is 16.5. The summed E-state index contributed by atoms with van der Waals surface area (Å²) in [5.41, 5.74) is -1.97. The lowest BCUT2D eigenvalue weighted by Crippen LogP contribution is -2.58. The summed E-state index contributed by atoms with van der Waals surface area (Å²) in [7, 11) is 1.12. The molecule has 22 heavy (non-hydrogen) atoms. The number of methoxy groups -OCH3 is 1. The van der Waals surface area contributed by atoms with Gasteiger partial charge in [0.15, 0.2) is 5.60 Å². The molecule has 118 valence electrons. The molecule has 1 saturated carbocycles. The van der Waals surface area contributed by atoms with Crippen molar-refractivity contribution in [3.05, 3.63) is 35.9 Å². The molecule has 1 aliphatic rings. The molecule has 1 fully saturated rings. The standard InChI is InChI=1S/C16H18O6/c1-3-22-14(18)11-9-12(17)13(11)16(20,15(19)21-2)10-7-5-4-6-8-10/h4-8,11,13,20H,3,9H2,1-2H3. The number of benzene rings is 1. The molecule has 1 aromatic carbocycles. The molecule has 0 amide bonds. The first-order valence-electron chi connectivity index (χ1n) is 7.02. The van der Waals surface area contributed by atoms with E-state index in [-0.39, 0.29) is 24.4 Å². The number of rotatable bonds is 5. The zero-order valence-corrected chi connectivity index (χ0v) is 12.4. The van der Waals surface area contributed by atoms with Crippen LogP contribution in [0.25, 0.3) is 0 Å². The fourth-order valence-corrected chi connectivity index (χ4v) is 2.79. The second-order valence-electron chi connectivity index (χ2n) is 5.13. The number of hydrogen-bond donors (Lipinski definition) is 1. The van der Waals surface area contributed by atoms with Gasteiger partial charge in [-0.3, -0.25) is 9.59 Å². The Labute approximate surface area is 128 Å². The van der Waals surface area contributed by atoms with Crippen LogP contribution in [0.1, 0.15) is 18.9 Å². The van der Waals surface area contributed by atoms with Crippen molar-refractivity contribution in [2.24, 2.45) is 11.8 Å². The van der Waals surface area contributed by atoms with Gasteiger partial charge in [0.05, 0.1) is 25.6 Å². The Morgan fingerprint density at radius 1 is 1.32 bits per heavy atom. The molecule has 0 radical (unpaired) electrons. The minimum Gasteiger partial charge on any atom is -0.467 e. The Morgan fingerprint density at radius 3 is 2.45 bits per heavy atom. The van der Waals surface area contributed by atoms with Crippen molar-refractivity contribution in [1.29, 1.82) is 0 Å². The molecule has 0 aromatic heterocycles. The summed E-state index contributed by atoms with van der Waals surface area (Å²) in [5.74, 6) is -3.97. The first kappa shape index (κ1) is 16.2. The molecule has 1 N–H and O–H groups in total. The fraction of sp³-hybridized carbons (Fsp3) is 0.438. The highest BCUT2D eigenvalue weighted by Gasteiger charge is 2.61. The van der Waals surface area contributed by atoms with E-state index in [1.165, 1.54) is 12.1 Å². The third-order valence-corrected chi connectivity index (χ3v) is 3.92. The van der Waals surface area contributed by atoms with Gasteiger partial charge in [-0.05, 0) is 12.5 Å². The normalized spacial score (nSPS) is 23.1. The fourth-order valence-electron chi connectivity index (χ4n) is 2.79. The molecule has 3 unspecified atom stereocenters. The maximum Gasteiger partial charge on any atom is 0.343 e. The third-order valence-electron chi connectivity index (χ3n) is 3.92. The van der Waals surface area contributed by atoms with Crippen molar-refractivity contribution in [2.45, 2.75) is 18.9 Å². The predicted molar refractivity (Wildman–Crippen MR) is 75.6 cm³/mol. The van der Waals surface area contributed by atoms with Crippen molar-refractivity contribution >= 4 is 17.7 Å². The van der Waals surface area contributed by atoms with E-state index in [2.05, 4.69) is 4.74 Å². The van der Waals surface area contributed by atoms with E-state index in [0.29, 0.717) is 0 Å². The quantitative estimate of drug-likeness (QED) is 0.810. The second kappa shape index (κ2) is 6.27. The summed E-state index contributed by atoms with van der Waals surface area (Å²) >= 11 is 0. The van der Waals surface area contributed by atoms with Crippen LogP contribution in [-0.4, -0.2) is 36.5 Å². The molecule has 6 nitrogen and oxygen atoms in total. The minimum absolute atomic E-state index is 0.0460. The number of ketones is 1. The van der Waals surface area contributed by atoms with E-state index in [9.17, 15) is 19.5 Å². The molecule has 0 spiro atoms. The van der Waals surface area contributed by atoms with Crippen LogP contribution in [0.15, 0.2) is 30.3 Å². The van der Waals surface area contributed by atoms with Crippen molar-refractivity contribution in [3.63, 3.8) is 0 Å². The lowest BCUT2D eigenvalue weighted by Gasteiger charge is -2.42. The van der Waals surface area contributed by atoms with E-state index in [0.717, 1.165) is 7.11 Å². The minimum atomic E-state index is -2.19. The number of aliphatic hydroxyl groups is 1. The molecule has 0 bridgehead atoms. The summed E-state index contributed by atoms with van der Waals surface area (Å²) in [6.45, 7) is 1.81. The topological polar surface area (TPSA) is 89.9 Å². The Hall–Kier alpha value is -2.21. The number of carbonyl (C=O) groups is 3. The Kier molecular flexibility index (Phi) is 4.61. The average Bonchev–Trinajstić information content (AvgIpc) is 2.52. The molecule has 0 aliphatic heterocycles. The molecular weight excluding hydrogens is 288 g/mol. The van der Waals surface area contributed by atoms with E-state index >= 15 is 0 Å². The van der Waals surface area contributed by atoms with Gasteiger partial charge in [0.25, 0.3) is 0 Å². The van der Waals surface area contributed by atoms with Crippen LogP contribution in [0.4, 0.5) is 0 Å². The zero-order chi connectivity index (χ0) is 16.3. The van der Waals surface area contributed by atoms with Crippen LogP contribution in [0.5, 0.6) is 0 Å². The summed E-state index contributed by atoms with van der Waals surface area (Å²) in [5, 5.41) is 10.9. The van der Waals surface area contributed by atoms with Crippen molar-refractivity contribution < 1.29 is 29.0 Å². The molecule has 1 aromatic rings. The van der Waals surface area contributed by atoms with Gasteiger partial charge in [0.1, 0.15) is 5.78 Å². The SMILES string of the molecule is CCOC(=O)C1CC(=O)C1C(O)(C(=O)OC)c1ccccc1. The largest absolute Gasteiger partial charge is 0.467 e. The smallest absolute Gasteiger partial charge is 0.343 e. The number of esters is 2. The van der Waals surface area contributed by atoms with Crippen LogP contribution >= 0.6 is 0 Å². The number of carbonyl (C=O) groups excluding carboxylic acids is 3. The number of ether oxygens (including phenoxy) is 2. The number of Topliss-reactive ketones (excluding diaryl/α,β-unsaturated/α-hetero) is 1. The first-order chi connectivity index (χ1) is 10.5. The molecule has 2 rings (SSSR count). The lowest BCUT2D eigenvalue weighted by molar-refractivity contribution is -0.189. The van der Waals surface area contributed by atoms with Gasteiger partial charge in [-0.2, -0.15) is 0 Å². The summed E-state index contributed by atoms with van der Waals surface area (Å²) < 4.78 is 9.58. The zero-order valence-electron chi connectivity index (χ0n) is 12.4. The van der Waals surface area contributed by atoms with Crippen LogP contribution in [0.2, 0.25) is 0 Å². The lowest BCUT2D eigenvalue weighted by atomic mass is 9.61. The van der Waals surface area contributed by atoms with Gasteiger partial charge in [0.2, 0.25) is 0 Å². The Bertz CT molecular complexity index is 582. The molecular formula is C16H18O6. The van der Waals surface area contributed by atoms with E-state index in [1.807, 2.05) is 0 Å². The average molecular weight is 306 g/mol. The van der Waals surface area contributed by atoms with Gasteiger partial charge in [-0.25, -0.2) is 4.79 Å². The van der Waals surface area contributed by atoms with Crippen LogP contribution < -0.4 is 0 Å². The predicted octanol–water partition coefficient (Wildman–Crippen LogP) is 0.815. The molecule has 0 saturated heterocycles. The Balaban J connectivity index is 2.43. The van der Waals surface area contributed by atoms with Crippen LogP contribution in [-0.2, 0) is 29.5 Å². The molecule has 0 heterocycles. The van der Waals surface area contributed by atoms with E-state index in [4.69, 9.17) is 4.74 Å². The van der Waals surface area contributed by atoms with Crippen molar-refractivity contribution in [1.82, 2.24) is 0 Å². The third kappa shape index (κ3) is 2.50. The van der Waals surface area contributed by atoms with Crippen LogP contribution in [0, 0.1) is 11.8 Å². The summed E-state index contributed by atoms with van der Waals surface area (Å²) in [4.78, 5) is 36.1. The monoisotopic (exact) mass is 306 g/mol. The second-order valence-corrected chi connectivity index (χ2v) is 5.13. The van der Waals surface area contributed by atoms with E-state index in [1.54, 1.807) is 25.1 Å². The molecule has 1 aliphatic carbocycles. The van der Waals surface area contributed by atoms with Crippen molar-refractivity contribution in [2.75, 3.05) is 13.7 Å². The summed E-state index contributed by atoms with van der Waals surface area (Å²) in [6.07, 6.45) is -0.0460. The van der Waals surface area contributed by atoms with Gasteiger partial charge < -0.3 is 14.6 Å². The van der Waals surface area contributed by atoms with Crippen molar-refractivity contribution in [3.8, 4) is 0 Å². The highest BCUT2D eigenvalue weighted by Crippen LogP contribution is 2.45. The maximum absolute atomic E-state index is 12.2. The number of hydrogen-bond acceptors (Lipinski definition) is 6.